The topological polar surface area (TPSA) is 88.6 Å². The van der Waals surface area contributed by atoms with Crippen molar-refractivity contribution < 1.29 is 14.3 Å². The Kier molecular flexibility index (Phi) is 3.38. The summed E-state index contributed by atoms with van der Waals surface area (Å²) in [5, 5.41) is 10.2. The molecule has 3 rings (SSSR count). The van der Waals surface area contributed by atoms with Crippen LogP contribution in [0.3, 0.4) is 0 Å². The second kappa shape index (κ2) is 5.33. The lowest BCUT2D eigenvalue weighted by Crippen LogP contribution is -2.18. The Morgan fingerprint density at radius 3 is 3.10 bits per heavy atom. The van der Waals surface area contributed by atoms with Gasteiger partial charge in [-0.1, -0.05) is 0 Å². The maximum absolute atomic E-state index is 11.7. The molecule has 1 aromatic heterocycles. The summed E-state index contributed by atoms with van der Waals surface area (Å²) in [6.45, 7) is 0.223. The van der Waals surface area contributed by atoms with Crippen molar-refractivity contribution in [2.75, 3.05) is 6.79 Å². The van der Waals surface area contributed by atoms with Crippen molar-refractivity contribution in [3.63, 3.8) is 0 Å². The first-order valence-electron chi connectivity index (χ1n) is 5.66. The normalized spacial score (nSPS) is 12.8. The third-order valence-electron chi connectivity index (χ3n) is 2.60. The third kappa shape index (κ3) is 2.50. The number of hydrazone groups is 1. The van der Waals surface area contributed by atoms with Gasteiger partial charge in [0.1, 0.15) is 5.69 Å². The standard InChI is InChI=1S/C12H9BrN4O3/c13-8-5-15-16-11(8)12(18)17-14-4-7-1-2-9-10(3-7)20-6-19-9/h1-5H,6H2,(H,15,16)(H,17,18)/b14-4-. The number of nitrogens with one attached hydrogen (secondary N) is 2. The Hall–Kier alpha value is -2.35. The molecule has 0 radical (unpaired) electrons. The Morgan fingerprint density at radius 1 is 1.45 bits per heavy atom. The van der Waals surface area contributed by atoms with Gasteiger partial charge in [-0.2, -0.15) is 10.2 Å². The predicted octanol–water partition coefficient (Wildman–Crippen LogP) is 1.66. The number of hydrogen-bond donors (Lipinski definition) is 2. The number of carbonyl (C=O) groups is 1. The molecule has 0 atom stereocenters. The zero-order valence-electron chi connectivity index (χ0n) is 10.1. The molecule has 1 aliphatic rings. The van der Waals surface area contributed by atoms with Gasteiger partial charge in [0.15, 0.2) is 11.5 Å². The van der Waals surface area contributed by atoms with Crippen LogP contribution in [0, 0.1) is 0 Å². The van der Waals surface area contributed by atoms with Crippen LogP contribution in [0.15, 0.2) is 34.0 Å². The molecule has 1 aliphatic heterocycles. The highest BCUT2D eigenvalue weighted by molar-refractivity contribution is 9.10. The molecule has 0 saturated heterocycles. The summed E-state index contributed by atoms with van der Waals surface area (Å²) in [5.74, 6) is 0.982. The van der Waals surface area contributed by atoms with Crippen LogP contribution in [0.2, 0.25) is 0 Å². The molecule has 2 heterocycles. The van der Waals surface area contributed by atoms with Crippen molar-refractivity contribution in [1.29, 1.82) is 0 Å². The van der Waals surface area contributed by atoms with E-state index in [1.807, 2.05) is 6.07 Å². The number of aromatic nitrogens is 2. The summed E-state index contributed by atoms with van der Waals surface area (Å²) in [6, 6.07) is 5.39. The van der Waals surface area contributed by atoms with Crippen molar-refractivity contribution in [3.05, 3.63) is 40.1 Å². The number of carbonyl (C=O) groups excluding carboxylic acids is 1. The molecule has 2 aromatic rings. The molecule has 0 spiro atoms. The maximum atomic E-state index is 11.7. The molecule has 7 nitrogen and oxygen atoms in total. The van der Waals surface area contributed by atoms with Gasteiger partial charge < -0.3 is 9.47 Å². The number of halogens is 1. The first-order chi connectivity index (χ1) is 9.74. The first kappa shape index (κ1) is 12.7. The van der Waals surface area contributed by atoms with Gasteiger partial charge in [0.2, 0.25) is 6.79 Å². The van der Waals surface area contributed by atoms with Gasteiger partial charge in [0, 0.05) is 0 Å². The van der Waals surface area contributed by atoms with E-state index >= 15 is 0 Å². The van der Waals surface area contributed by atoms with Crippen LogP contribution in [-0.4, -0.2) is 29.1 Å². The smallest absolute Gasteiger partial charge is 0.290 e. The fourth-order valence-corrected chi connectivity index (χ4v) is 2.02. The first-order valence-corrected chi connectivity index (χ1v) is 6.45. The number of rotatable bonds is 3. The van der Waals surface area contributed by atoms with E-state index in [0.29, 0.717) is 21.7 Å². The van der Waals surface area contributed by atoms with Crippen molar-refractivity contribution in [2.24, 2.45) is 5.10 Å². The SMILES string of the molecule is O=C(N/N=C\c1ccc2c(c1)OCO2)c1[nH]ncc1Br. The van der Waals surface area contributed by atoms with Crippen molar-refractivity contribution in [2.45, 2.75) is 0 Å². The lowest BCUT2D eigenvalue weighted by molar-refractivity contribution is 0.0949. The Bertz CT molecular complexity index is 683. The quantitative estimate of drug-likeness (QED) is 0.659. The number of amides is 1. The zero-order valence-corrected chi connectivity index (χ0v) is 11.7. The van der Waals surface area contributed by atoms with Crippen LogP contribution >= 0.6 is 15.9 Å². The number of aromatic amines is 1. The average molecular weight is 337 g/mol. The monoisotopic (exact) mass is 336 g/mol. The van der Waals surface area contributed by atoms with Gasteiger partial charge in [-0.15, -0.1) is 0 Å². The molecule has 0 aliphatic carbocycles. The average Bonchev–Trinajstić information content (AvgIpc) is 3.06. The van der Waals surface area contributed by atoms with Crippen LogP contribution in [0.1, 0.15) is 16.1 Å². The van der Waals surface area contributed by atoms with Gasteiger partial charge in [-0.05, 0) is 39.7 Å². The number of H-pyrrole nitrogens is 1. The Balaban J connectivity index is 1.66. The summed E-state index contributed by atoms with van der Waals surface area (Å²) >= 11 is 3.20. The van der Waals surface area contributed by atoms with Gasteiger partial charge in [-0.25, -0.2) is 5.43 Å². The zero-order chi connectivity index (χ0) is 13.9. The van der Waals surface area contributed by atoms with Crippen molar-refractivity contribution in [1.82, 2.24) is 15.6 Å². The maximum Gasteiger partial charge on any atom is 0.290 e. The van der Waals surface area contributed by atoms with E-state index in [2.05, 4.69) is 36.7 Å². The molecule has 20 heavy (non-hydrogen) atoms. The lowest BCUT2D eigenvalue weighted by Gasteiger charge is -1.98. The Morgan fingerprint density at radius 2 is 2.30 bits per heavy atom. The molecular formula is C12H9BrN4O3. The fraction of sp³-hybridized carbons (Fsp3) is 0.0833. The van der Waals surface area contributed by atoms with E-state index < -0.39 is 0 Å². The van der Waals surface area contributed by atoms with E-state index in [-0.39, 0.29) is 12.7 Å². The van der Waals surface area contributed by atoms with Crippen molar-refractivity contribution in [3.8, 4) is 11.5 Å². The molecule has 1 aromatic carbocycles. The second-order valence-electron chi connectivity index (χ2n) is 3.90. The van der Waals surface area contributed by atoms with E-state index in [1.54, 1.807) is 12.1 Å². The van der Waals surface area contributed by atoms with Gasteiger partial charge >= 0.3 is 0 Å². The van der Waals surface area contributed by atoms with Crippen LogP contribution in [0.5, 0.6) is 11.5 Å². The van der Waals surface area contributed by atoms with Gasteiger partial charge in [0.25, 0.3) is 5.91 Å². The molecule has 0 unspecified atom stereocenters. The molecule has 1 amide bonds. The number of benzene rings is 1. The molecule has 2 N–H and O–H groups in total. The minimum atomic E-state index is -0.383. The highest BCUT2D eigenvalue weighted by Gasteiger charge is 2.13. The highest BCUT2D eigenvalue weighted by atomic mass is 79.9. The van der Waals surface area contributed by atoms with E-state index in [4.69, 9.17) is 9.47 Å². The number of hydrogen-bond acceptors (Lipinski definition) is 5. The predicted molar refractivity (Wildman–Crippen MR) is 73.9 cm³/mol. The minimum Gasteiger partial charge on any atom is -0.454 e. The summed E-state index contributed by atoms with van der Waals surface area (Å²) in [4.78, 5) is 11.7. The van der Waals surface area contributed by atoms with E-state index in [9.17, 15) is 4.79 Å². The summed E-state index contributed by atoms with van der Waals surface area (Å²) in [5.41, 5.74) is 3.50. The largest absolute Gasteiger partial charge is 0.454 e. The van der Waals surface area contributed by atoms with Crippen LogP contribution in [-0.2, 0) is 0 Å². The van der Waals surface area contributed by atoms with Gasteiger partial charge in [0.05, 0.1) is 16.9 Å². The van der Waals surface area contributed by atoms with E-state index in [0.717, 1.165) is 5.56 Å². The van der Waals surface area contributed by atoms with Crippen molar-refractivity contribution >= 4 is 28.1 Å². The summed E-state index contributed by atoms with van der Waals surface area (Å²) in [7, 11) is 0. The second-order valence-corrected chi connectivity index (χ2v) is 4.76. The minimum absolute atomic E-state index is 0.223. The molecule has 0 bridgehead atoms. The molecule has 102 valence electrons. The summed E-state index contributed by atoms with van der Waals surface area (Å²) < 4.78 is 11.0. The highest BCUT2D eigenvalue weighted by Crippen LogP contribution is 2.31. The molecule has 8 heteroatoms. The van der Waals surface area contributed by atoms with Crippen LogP contribution in [0.4, 0.5) is 0 Å². The summed E-state index contributed by atoms with van der Waals surface area (Å²) in [6.07, 6.45) is 3.01. The third-order valence-corrected chi connectivity index (χ3v) is 3.20. The van der Waals surface area contributed by atoms with Crippen LogP contribution < -0.4 is 14.9 Å². The fourth-order valence-electron chi connectivity index (χ4n) is 1.65. The molecule has 0 fully saturated rings. The van der Waals surface area contributed by atoms with E-state index in [1.165, 1.54) is 12.4 Å². The lowest BCUT2D eigenvalue weighted by atomic mass is 10.2. The Labute approximate surface area is 122 Å². The number of ether oxygens (including phenoxy) is 2. The number of nitrogens with zero attached hydrogens (tertiary/aromatic N) is 2. The van der Waals surface area contributed by atoms with Crippen LogP contribution in [0.25, 0.3) is 0 Å². The number of fused-ring (bicyclic) bond motifs is 1. The van der Waals surface area contributed by atoms with Gasteiger partial charge in [-0.3, -0.25) is 9.89 Å². The molecule has 0 saturated carbocycles. The molecular weight excluding hydrogens is 328 g/mol.